The van der Waals surface area contributed by atoms with Gasteiger partial charge in [-0.1, -0.05) is 26.2 Å². The monoisotopic (exact) mass is 362 g/mol. The standard InChI is InChI=1S/C19H26N2O5/c1-4-5-6-7-8-16-20-17(18(21-16)19(22)23)14-10-9-13(25-3)11-15(14)26-12-24-2/h9-11H,4-8,12H2,1-3H3,(H,20,21)(H,22,23). The third-order valence-corrected chi connectivity index (χ3v) is 4.01. The van der Waals surface area contributed by atoms with Crippen LogP contribution in [0.25, 0.3) is 11.3 Å². The first-order valence-electron chi connectivity index (χ1n) is 8.73. The number of unbranched alkanes of at least 4 members (excludes halogenated alkanes) is 3. The summed E-state index contributed by atoms with van der Waals surface area (Å²) in [5.74, 6) is 0.674. The molecule has 7 nitrogen and oxygen atoms in total. The van der Waals surface area contributed by atoms with Crippen molar-refractivity contribution in [1.82, 2.24) is 9.97 Å². The average Bonchev–Trinajstić information content (AvgIpc) is 3.07. The van der Waals surface area contributed by atoms with E-state index < -0.39 is 5.97 Å². The van der Waals surface area contributed by atoms with Crippen molar-refractivity contribution in [2.45, 2.75) is 39.0 Å². The first kappa shape index (κ1) is 19.8. The number of aryl methyl sites for hydroxylation is 1. The van der Waals surface area contributed by atoms with Crippen molar-refractivity contribution in [3.63, 3.8) is 0 Å². The highest BCUT2D eigenvalue weighted by Gasteiger charge is 2.21. The lowest BCUT2D eigenvalue weighted by molar-refractivity contribution is 0.0514. The van der Waals surface area contributed by atoms with Crippen LogP contribution in [0, 0.1) is 0 Å². The maximum atomic E-state index is 11.7. The van der Waals surface area contributed by atoms with Gasteiger partial charge in [-0.15, -0.1) is 0 Å². The molecule has 1 aromatic carbocycles. The molecule has 0 bridgehead atoms. The van der Waals surface area contributed by atoms with Gasteiger partial charge in [0.15, 0.2) is 12.5 Å². The molecule has 0 atom stereocenters. The Bertz CT molecular complexity index is 727. The molecular formula is C19H26N2O5. The molecule has 0 amide bonds. The van der Waals surface area contributed by atoms with Gasteiger partial charge in [0.2, 0.25) is 0 Å². The molecule has 0 aliphatic rings. The Kier molecular flexibility index (Phi) is 7.47. The Hall–Kier alpha value is -2.54. The number of carboxylic acid groups (broad SMARTS) is 1. The van der Waals surface area contributed by atoms with Gasteiger partial charge in [-0.05, 0) is 18.6 Å². The third-order valence-electron chi connectivity index (χ3n) is 4.01. The molecule has 0 saturated heterocycles. The first-order chi connectivity index (χ1) is 12.6. The van der Waals surface area contributed by atoms with E-state index >= 15 is 0 Å². The highest BCUT2D eigenvalue weighted by molar-refractivity contribution is 5.94. The minimum absolute atomic E-state index is 0.0386. The number of benzene rings is 1. The number of H-pyrrole nitrogens is 1. The van der Waals surface area contributed by atoms with Crippen LogP contribution in [-0.2, 0) is 11.2 Å². The smallest absolute Gasteiger partial charge is 0.354 e. The molecular weight excluding hydrogens is 336 g/mol. The number of carbonyl (C=O) groups is 1. The second-order valence-electron chi connectivity index (χ2n) is 5.94. The first-order valence-corrected chi connectivity index (χ1v) is 8.73. The van der Waals surface area contributed by atoms with Crippen molar-refractivity contribution in [2.24, 2.45) is 0 Å². The van der Waals surface area contributed by atoms with E-state index in [0.717, 1.165) is 25.7 Å². The van der Waals surface area contributed by atoms with E-state index in [1.165, 1.54) is 7.11 Å². The van der Waals surface area contributed by atoms with Crippen LogP contribution in [0.2, 0.25) is 0 Å². The zero-order valence-corrected chi connectivity index (χ0v) is 15.5. The van der Waals surface area contributed by atoms with Gasteiger partial charge in [-0.2, -0.15) is 0 Å². The summed E-state index contributed by atoms with van der Waals surface area (Å²) in [6.07, 6.45) is 5.09. The van der Waals surface area contributed by atoms with Crippen LogP contribution >= 0.6 is 0 Å². The Morgan fingerprint density at radius 3 is 2.69 bits per heavy atom. The molecule has 0 unspecified atom stereocenters. The van der Waals surface area contributed by atoms with E-state index in [1.54, 1.807) is 25.3 Å². The normalized spacial score (nSPS) is 10.7. The van der Waals surface area contributed by atoms with Crippen LogP contribution in [0.1, 0.15) is 48.9 Å². The van der Waals surface area contributed by atoms with Crippen molar-refractivity contribution in [1.29, 1.82) is 0 Å². The van der Waals surface area contributed by atoms with Crippen LogP contribution in [-0.4, -0.2) is 42.1 Å². The van der Waals surface area contributed by atoms with E-state index in [2.05, 4.69) is 16.9 Å². The van der Waals surface area contributed by atoms with Crippen molar-refractivity contribution in [3.8, 4) is 22.8 Å². The Balaban J connectivity index is 2.36. The lowest BCUT2D eigenvalue weighted by Gasteiger charge is -2.11. The van der Waals surface area contributed by atoms with Crippen molar-refractivity contribution >= 4 is 5.97 Å². The number of hydrogen-bond donors (Lipinski definition) is 2. The van der Waals surface area contributed by atoms with Crippen LogP contribution < -0.4 is 9.47 Å². The number of aromatic nitrogens is 2. The molecule has 26 heavy (non-hydrogen) atoms. The predicted molar refractivity (Wildman–Crippen MR) is 97.9 cm³/mol. The molecule has 0 aliphatic carbocycles. The van der Waals surface area contributed by atoms with E-state index in [1.807, 2.05) is 0 Å². The van der Waals surface area contributed by atoms with Crippen LogP contribution in [0.15, 0.2) is 18.2 Å². The molecule has 0 aliphatic heterocycles. The lowest BCUT2D eigenvalue weighted by Crippen LogP contribution is -2.03. The Labute approximate surface area is 153 Å². The van der Waals surface area contributed by atoms with Crippen LogP contribution in [0.3, 0.4) is 0 Å². The number of aromatic carboxylic acids is 1. The molecule has 0 spiro atoms. The van der Waals surface area contributed by atoms with E-state index in [9.17, 15) is 9.90 Å². The van der Waals surface area contributed by atoms with Gasteiger partial charge in [0.05, 0.1) is 7.11 Å². The minimum atomic E-state index is -1.05. The number of nitrogens with one attached hydrogen (secondary N) is 1. The molecule has 0 saturated carbocycles. The Morgan fingerprint density at radius 1 is 1.23 bits per heavy atom. The van der Waals surface area contributed by atoms with Gasteiger partial charge >= 0.3 is 5.97 Å². The molecule has 0 radical (unpaired) electrons. The summed E-state index contributed by atoms with van der Waals surface area (Å²) < 4.78 is 15.8. The second-order valence-corrected chi connectivity index (χ2v) is 5.94. The topological polar surface area (TPSA) is 93.7 Å². The van der Waals surface area contributed by atoms with E-state index in [4.69, 9.17) is 14.2 Å². The summed E-state index contributed by atoms with van der Waals surface area (Å²) in [5.41, 5.74) is 0.996. The summed E-state index contributed by atoms with van der Waals surface area (Å²) in [7, 11) is 3.08. The second kappa shape index (κ2) is 9.82. The molecule has 2 N–H and O–H groups in total. The highest BCUT2D eigenvalue weighted by Crippen LogP contribution is 2.34. The van der Waals surface area contributed by atoms with Gasteiger partial charge in [0.1, 0.15) is 23.0 Å². The molecule has 7 heteroatoms. The van der Waals surface area contributed by atoms with E-state index in [-0.39, 0.29) is 12.5 Å². The SMILES string of the molecule is CCCCCCc1nc(-c2ccc(OC)cc2OCOC)c(C(=O)O)[nH]1. The quantitative estimate of drug-likeness (QED) is 0.465. The van der Waals surface area contributed by atoms with Gasteiger partial charge < -0.3 is 24.3 Å². The molecule has 0 fully saturated rings. The summed E-state index contributed by atoms with van der Waals surface area (Å²) in [6.45, 7) is 2.19. The summed E-state index contributed by atoms with van der Waals surface area (Å²) in [4.78, 5) is 19.1. The van der Waals surface area contributed by atoms with E-state index in [0.29, 0.717) is 35.0 Å². The zero-order valence-electron chi connectivity index (χ0n) is 15.5. The largest absolute Gasteiger partial charge is 0.497 e. The van der Waals surface area contributed by atoms with Crippen molar-refractivity contribution in [2.75, 3.05) is 21.0 Å². The Morgan fingerprint density at radius 2 is 2.04 bits per heavy atom. The number of nitrogens with zero attached hydrogens (tertiary/aromatic N) is 1. The summed E-state index contributed by atoms with van der Waals surface area (Å²) >= 11 is 0. The number of imidazole rings is 1. The fraction of sp³-hybridized carbons (Fsp3) is 0.474. The predicted octanol–water partition coefficient (Wildman–Crippen LogP) is 3.89. The number of aromatic amines is 1. The fourth-order valence-electron chi connectivity index (χ4n) is 2.68. The number of carboxylic acids is 1. The number of ether oxygens (including phenoxy) is 3. The summed E-state index contributed by atoms with van der Waals surface area (Å²) in [6, 6.07) is 5.18. The molecule has 2 rings (SSSR count). The number of rotatable bonds is 11. The van der Waals surface area contributed by atoms with Crippen molar-refractivity contribution < 1.29 is 24.1 Å². The maximum absolute atomic E-state index is 11.7. The number of hydrogen-bond acceptors (Lipinski definition) is 5. The van der Waals surface area contributed by atoms with Gasteiger partial charge in [0.25, 0.3) is 0 Å². The maximum Gasteiger partial charge on any atom is 0.354 e. The minimum Gasteiger partial charge on any atom is -0.497 e. The third kappa shape index (κ3) is 4.98. The molecule has 1 aromatic heterocycles. The lowest BCUT2D eigenvalue weighted by atomic mass is 10.1. The summed E-state index contributed by atoms with van der Waals surface area (Å²) in [5, 5.41) is 9.56. The highest BCUT2D eigenvalue weighted by atomic mass is 16.7. The fourth-order valence-corrected chi connectivity index (χ4v) is 2.68. The molecule has 1 heterocycles. The van der Waals surface area contributed by atoms with Crippen LogP contribution in [0.4, 0.5) is 0 Å². The average molecular weight is 362 g/mol. The van der Waals surface area contributed by atoms with Crippen LogP contribution in [0.5, 0.6) is 11.5 Å². The van der Waals surface area contributed by atoms with Gasteiger partial charge in [-0.3, -0.25) is 0 Å². The molecule has 142 valence electrons. The van der Waals surface area contributed by atoms with Gasteiger partial charge in [-0.25, -0.2) is 9.78 Å². The number of methoxy groups -OCH3 is 2. The zero-order chi connectivity index (χ0) is 18.9. The van der Waals surface area contributed by atoms with Gasteiger partial charge in [0, 0.05) is 25.2 Å². The van der Waals surface area contributed by atoms with Crippen molar-refractivity contribution in [3.05, 3.63) is 29.7 Å². The molecule has 2 aromatic rings.